The Morgan fingerprint density at radius 3 is 2.23 bits per heavy atom. The highest BCUT2D eigenvalue weighted by Crippen LogP contribution is 1.83. The van der Waals surface area contributed by atoms with Crippen LogP contribution in [-0.4, -0.2) is 24.9 Å². The van der Waals surface area contributed by atoms with E-state index in [9.17, 15) is 9.59 Å². The van der Waals surface area contributed by atoms with Crippen LogP contribution in [0.1, 0.15) is 20.3 Å². The second-order valence-corrected chi connectivity index (χ2v) is 2.74. The molecule has 0 saturated heterocycles. The maximum absolute atomic E-state index is 10.9. The average Bonchev–Trinajstić information content (AvgIpc) is 2.11. The molecule has 0 unspecified atom stereocenters. The summed E-state index contributed by atoms with van der Waals surface area (Å²) in [6.07, 6.45) is 0.467. The molecule has 0 spiro atoms. The molecular formula is C9H16N2O2. The Kier molecular flexibility index (Phi) is 5.59. The zero-order valence-electron chi connectivity index (χ0n) is 8.14. The van der Waals surface area contributed by atoms with Crippen molar-refractivity contribution in [2.45, 2.75) is 20.3 Å². The average molecular weight is 184 g/mol. The number of hydrogen-bond acceptors (Lipinski definition) is 2. The third-order valence-corrected chi connectivity index (χ3v) is 1.44. The molecule has 0 saturated carbocycles. The molecule has 13 heavy (non-hydrogen) atoms. The Hall–Kier alpha value is -1.32. The molecule has 0 fully saturated rings. The van der Waals surface area contributed by atoms with E-state index in [0.29, 0.717) is 25.1 Å². The molecule has 0 aliphatic rings. The van der Waals surface area contributed by atoms with Crippen LogP contribution >= 0.6 is 0 Å². The van der Waals surface area contributed by atoms with Gasteiger partial charge in [-0.2, -0.15) is 0 Å². The van der Waals surface area contributed by atoms with Gasteiger partial charge >= 0.3 is 0 Å². The Labute approximate surface area is 78.4 Å². The van der Waals surface area contributed by atoms with Crippen LogP contribution < -0.4 is 10.6 Å². The van der Waals surface area contributed by atoms with Crippen LogP contribution in [0.25, 0.3) is 0 Å². The van der Waals surface area contributed by atoms with Crippen LogP contribution in [0.2, 0.25) is 0 Å². The molecule has 2 amide bonds. The number of amides is 2. The molecule has 0 radical (unpaired) electrons. The third-order valence-electron chi connectivity index (χ3n) is 1.44. The van der Waals surface area contributed by atoms with E-state index in [-0.39, 0.29) is 11.8 Å². The number of carbonyl (C=O) groups is 2. The van der Waals surface area contributed by atoms with Gasteiger partial charge in [-0.25, -0.2) is 0 Å². The zero-order valence-corrected chi connectivity index (χ0v) is 8.14. The normalized spacial score (nSPS) is 9.08. The SMILES string of the molecule is C=C(C)C(=O)NCCNC(=O)CC. The molecule has 0 aliphatic carbocycles. The quantitative estimate of drug-likeness (QED) is 0.474. The van der Waals surface area contributed by atoms with Gasteiger partial charge in [0.25, 0.3) is 0 Å². The van der Waals surface area contributed by atoms with Crippen molar-refractivity contribution in [2.24, 2.45) is 0 Å². The van der Waals surface area contributed by atoms with Crippen LogP contribution in [0.4, 0.5) is 0 Å². The van der Waals surface area contributed by atoms with Crippen molar-refractivity contribution in [1.82, 2.24) is 10.6 Å². The van der Waals surface area contributed by atoms with Gasteiger partial charge in [-0.3, -0.25) is 9.59 Å². The molecule has 0 aromatic carbocycles. The van der Waals surface area contributed by atoms with Crippen molar-refractivity contribution < 1.29 is 9.59 Å². The highest BCUT2D eigenvalue weighted by atomic mass is 16.2. The summed E-state index contributed by atoms with van der Waals surface area (Å²) < 4.78 is 0. The van der Waals surface area contributed by atoms with Gasteiger partial charge in [-0.15, -0.1) is 0 Å². The molecule has 2 N–H and O–H groups in total. The van der Waals surface area contributed by atoms with Crippen molar-refractivity contribution in [3.05, 3.63) is 12.2 Å². The molecule has 4 nitrogen and oxygen atoms in total. The third kappa shape index (κ3) is 5.90. The lowest BCUT2D eigenvalue weighted by atomic mass is 10.3. The summed E-state index contributed by atoms with van der Waals surface area (Å²) in [5, 5.41) is 5.25. The van der Waals surface area contributed by atoms with E-state index in [2.05, 4.69) is 17.2 Å². The minimum Gasteiger partial charge on any atom is -0.354 e. The topological polar surface area (TPSA) is 58.2 Å². The lowest BCUT2D eigenvalue weighted by molar-refractivity contribution is -0.121. The lowest BCUT2D eigenvalue weighted by Crippen LogP contribution is -2.34. The minimum absolute atomic E-state index is 0.00965. The van der Waals surface area contributed by atoms with Crippen LogP contribution in [0, 0.1) is 0 Å². The number of rotatable bonds is 5. The summed E-state index contributed by atoms with van der Waals surface area (Å²) in [5.74, 6) is -0.185. The fourth-order valence-corrected chi connectivity index (χ4v) is 0.654. The summed E-state index contributed by atoms with van der Waals surface area (Å²) >= 11 is 0. The molecule has 0 bridgehead atoms. The first kappa shape index (κ1) is 11.7. The molecule has 0 aromatic rings. The number of nitrogens with one attached hydrogen (secondary N) is 2. The van der Waals surface area contributed by atoms with Gasteiger partial charge in [0.15, 0.2) is 0 Å². The zero-order chi connectivity index (χ0) is 10.3. The summed E-state index contributed by atoms with van der Waals surface area (Å²) in [6.45, 7) is 7.81. The molecule has 0 aromatic heterocycles. The maximum atomic E-state index is 10.9. The van der Waals surface area contributed by atoms with Crippen molar-refractivity contribution in [2.75, 3.05) is 13.1 Å². The van der Waals surface area contributed by atoms with E-state index in [4.69, 9.17) is 0 Å². The molecule has 0 rings (SSSR count). The highest BCUT2D eigenvalue weighted by Gasteiger charge is 2.00. The van der Waals surface area contributed by atoms with Gasteiger partial charge in [0.1, 0.15) is 0 Å². The molecule has 0 heterocycles. The highest BCUT2D eigenvalue weighted by molar-refractivity contribution is 5.92. The van der Waals surface area contributed by atoms with Gasteiger partial charge in [0.2, 0.25) is 11.8 Å². The lowest BCUT2D eigenvalue weighted by Gasteiger charge is -2.05. The number of hydrogen-bond donors (Lipinski definition) is 2. The van der Waals surface area contributed by atoms with Crippen LogP contribution in [0.3, 0.4) is 0 Å². The van der Waals surface area contributed by atoms with Crippen molar-refractivity contribution in [3.8, 4) is 0 Å². The minimum atomic E-state index is -0.175. The van der Waals surface area contributed by atoms with Gasteiger partial charge in [0, 0.05) is 25.1 Å². The van der Waals surface area contributed by atoms with Gasteiger partial charge in [0.05, 0.1) is 0 Å². The second-order valence-electron chi connectivity index (χ2n) is 2.74. The molecule has 74 valence electrons. The van der Waals surface area contributed by atoms with Gasteiger partial charge < -0.3 is 10.6 Å². The second kappa shape index (κ2) is 6.22. The van der Waals surface area contributed by atoms with Gasteiger partial charge in [-0.05, 0) is 6.92 Å². The van der Waals surface area contributed by atoms with Gasteiger partial charge in [-0.1, -0.05) is 13.5 Å². The Bertz CT molecular complexity index is 212. The summed E-state index contributed by atoms with van der Waals surface area (Å²) in [6, 6.07) is 0. The maximum Gasteiger partial charge on any atom is 0.246 e. The van der Waals surface area contributed by atoms with Crippen LogP contribution in [-0.2, 0) is 9.59 Å². The van der Waals surface area contributed by atoms with E-state index in [1.165, 1.54) is 0 Å². The smallest absolute Gasteiger partial charge is 0.246 e. The van der Waals surface area contributed by atoms with Crippen molar-refractivity contribution >= 4 is 11.8 Å². The Morgan fingerprint density at radius 2 is 1.77 bits per heavy atom. The first-order valence-electron chi connectivity index (χ1n) is 4.28. The summed E-state index contributed by atoms with van der Waals surface area (Å²) in [5.41, 5.74) is 0.474. The predicted molar refractivity (Wildman–Crippen MR) is 51.1 cm³/mol. The predicted octanol–water partition coefficient (Wildman–Crippen LogP) is 0.205. The summed E-state index contributed by atoms with van der Waals surface area (Å²) in [7, 11) is 0. The first-order valence-corrected chi connectivity index (χ1v) is 4.28. The van der Waals surface area contributed by atoms with E-state index in [1.54, 1.807) is 13.8 Å². The molecular weight excluding hydrogens is 168 g/mol. The molecule has 0 aliphatic heterocycles. The standard InChI is InChI=1S/C9H16N2O2/c1-4-8(12)10-5-6-11-9(13)7(2)3/h2,4-6H2,1,3H3,(H,10,12)(H,11,13). The molecule has 4 heteroatoms. The van der Waals surface area contributed by atoms with Crippen LogP contribution in [0.5, 0.6) is 0 Å². The fraction of sp³-hybridized carbons (Fsp3) is 0.556. The first-order chi connectivity index (χ1) is 6.07. The monoisotopic (exact) mass is 184 g/mol. The number of carbonyl (C=O) groups excluding carboxylic acids is 2. The van der Waals surface area contributed by atoms with E-state index in [0.717, 1.165) is 0 Å². The van der Waals surface area contributed by atoms with Crippen molar-refractivity contribution in [3.63, 3.8) is 0 Å². The largest absolute Gasteiger partial charge is 0.354 e. The van der Waals surface area contributed by atoms with Crippen LogP contribution in [0.15, 0.2) is 12.2 Å². The Morgan fingerprint density at radius 1 is 1.23 bits per heavy atom. The van der Waals surface area contributed by atoms with E-state index in [1.807, 2.05) is 0 Å². The van der Waals surface area contributed by atoms with E-state index >= 15 is 0 Å². The fourth-order valence-electron chi connectivity index (χ4n) is 0.654. The Balaban J connectivity index is 3.41. The molecule has 0 atom stereocenters. The summed E-state index contributed by atoms with van der Waals surface area (Å²) in [4.78, 5) is 21.7. The van der Waals surface area contributed by atoms with E-state index < -0.39 is 0 Å². The van der Waals surface area contributed by atoms with Crippen molar-refractivity contribution in [1.29, 1.82) is 0 Å².